The average Bonchev–Trinajstić information content (AvgIpc) is 3.41. The molecule has 3 aliphatic rings. The normalized spacial score (nSPS) is 30.3. The summed E-state index contributed by atoms with van der Waals surface area (Å²) >= 11 is 6.46. The van der Waals surface area contributed by atoms with Gasteiger partial charge in [-0.05, 0) is 38.3 Å². The summed E-state index contributed by atoms with van der Waals surface area (Å²) in [6.07, 6.45) is 4.58. The second-order valence-electron chi connectivity index (χ2n) is 10.0. The lowest BCUT2D eigenvalue weighted by molar-refractivity contribution is -0.149. The zero-order valence-electron chi connectivity index (χ0n) is 20.9. The van der Waals surface area contributed by atoms with Gasteiger partial charge in [0, 0.05) is 33.3 Å². The number of rotatable bonds is 10. The predicted molar refractivity (Wildman–Crippen MR) is 137 cm³/mol. The van der Waals surface area contributed by atoms with Crippen LogP contribution in [0.4, 0.5) is 5.69 Å². The Kier molecular flexibility index (Phi) is 7.33. The van der Waals surface area contributed by atoms with Crippen LogP contribution in [0.2, 0.25) is 5.02 Å². The molecule has 0 saturated carbocycles. The molecule has 8 nitrogen and oxygen atoms in total. The average molecular weight is 516 g/mol. The SMILES string of the molecule is C=CCN(C)C(=O)[C@@H]1[C@H]2C(=O)N(CCCO)C(C(=O)N(CC=C)c3ccccc3Cl)C23CC[C@@]1(C)O3. The first-order valence-electron chi connectivity index (χ1n) is 12.3. The minimum absolute atomic E-state index is 0.133. The van der Waals surface area contributed by atoms with Crippen LogP contribution in [0.3, 0.4) is 0 Å². The molecule has 1 N–H and O–H groups in total. The van der Waals surface area contributed by atoms with Gasteiger partial charge in [0.05, 0.1) is 28.1 Å². The predicted octanol–water partition coefficient (Wildman–Crippen LogP) is 2.65. The molecule has 1 aromatic rings. The summed E-state index contributed by atoms with van der Waals surface area (Å²) in [4.78, 5) is 46.5. The van der Waals surface area contributed by atoms with Gasteiger partial charge in [-0.3, -0.25) is 14.4 Å². The van der Waals surface area contributed by atoms with Crippen molar-refractivity contribution in [2.45, 2.75) is 43.4 Å². The first kappa shape index (κ1) is 26.4. The number of likely N-dealkylation sites (tertiary alicyclic amines) is 1. The lowest BCUT2D eigenvalue weighted by atomic mass is 9.66. The van der Waals surface area contributed by atoms with Crippen LogP contribution in [0.5, 0.6) is 0 Å². The number of likely N-dealkylation sites (N-methyl/N-ethyl adjacent to an activating group) is 1. The van der Waals surface area contributed by atoms with E-state index < -0.39 is 29.1 Å². The third-order valence-corrected chi connectivity index (χ3v) is 8.15. The Labute approximate surface area is 217 Å². The van der Waals surface area contributed by atoms with Crippen LogP contribution in [0, 0.1) is 11.8 Å². The fraction of sp³-hybridized carbons (Fsp3) is 0.519. The Balaban J connectivity index is 1.80. The van der Waals surface area contributed by atoms with Crippen molar-refractivity contribution >= 4 is 35.0 Å². The molecule has 3 aliphatic heterocycles. The highest BCUT2D eigenvalue weighted by molar-refractivity contribution is 6.34. The Morgan fingerprint density at radius 2 is 1.92 bits per heavy atom. The fourth-order valence-corrected chi connectivity index (χ4v) is 6.58. The van der Waals surface area contributed by atoms with Gasteiger partial charge in [0.1, 0.15) is 11.6 Å². The molecule has 2 bridgehead atoms. The van der Waals surface area contributed by atoms with Gasteiger partial charge in [-0.25, -0.2) is 0 Å². The number of aliphatic hydroxyl groups is 1. The van der Waals surface area contributed by atoms with Crippen LogP contribution < -0.4 is 4.90 Å². The number of fused-ring (bicyclic) bond motifs is 1. The summed E-state index contributed by atoms with van der Waals surface area (Å²) in [6.45, 7) is 9.96. The minimum atomic E-state index is -1.14. The molecule has 3 amide bonds. The maximum absolute atomic E-state index is 14.3. The maximum Gasteiger partial charge on any atom is 0.253 e. The van der Waals surface area contributed by atoms with E-state index in [1.54, 1.807) is 48.4 Å². The molecule has 2 unspecified atom stereocenters. The monoisotopic (exact) mass is 515 g/mol. The molecule has 3 saturated heterocycles. The molecule has 9 heteroatoms. The van der Waals surface area contributed by atoms with Crippen molar-refractivity contribution in [3.05, 3.63) is 54.6 Å². The molecular formula is C27H34ClN3O5. The van der Waals surface area contributed by atoms with E-state index in [0.717, 1.165) is 0 Å². The number of amides is 3. The summed E-state index contributed by atoms with van der Waals surface area (Å²) < 4.78 is 6.64. The van der Waals surface area contributed by atoms with E-state index in [1.165, 1.54) is 9.80 Å². The van der Waals surface area contributed by atoms with E-state index in [-0.39, 0.29) is 37.4 Å². The number of hydrogen-bond acceptors (Lipinski definition) is 5. The third kappa shape index (κ3) is 3.96. The fourth-order valence-electron chi connectivity index (χ4n) is 6.34. The second kappa shape index (κ2) is 10.00. The van der Waals surface area contributed by atoms with Gasteiger partial charge in [0.25, 0.3) is 5.91 Å². The summed E-state index contributed by atoms with van der Waals surface area (Å²) in [5.74, 6) is -2.32. The second-order valence-corrected chi connectivity index (χ2v) is 10.4. The molecule has 0 aliphatic carbocycles. The minimum Gasteiger partial charge on any atom is -0.396 e. The van der Waals surface area contributed by atoms with E-state index in [0.29, 0.717) is 36.5 Å². The van der Waals surface area contributed by atoms with Gasteiger partial charge >= 0.3 is 0 Å². The molecule has 0 radical (unpaired) electrons. The first-order valence-corrected chi connectivity index (χ1v) is 12.7. The highest BCUT2D eigenvalue weighted by Gasteiger charge is 2.78. The lowest BCUT2D eigenvalue weighted by Crippen LogP contribution is -2.56. The molecular weight excluding hydrogens is 482 g/mol. The number of para-hydroxylation sites is 1. The van der Waals surface area contributed by atoms with Crippen molar-refractivity contribution in [3.8, 4) is 0 Å². The van der Waals surface area contributed by atoms with Crippen molar-refractivity contribution in [1.29, 1.82) is 0 Å². The van der Waals surface area contributed by atoms with Gasteiger partial charge in [0.2, 0.25) is 11.8 Å². The van der Waals surface area contributed by atoms with E-state index in [2.05, 4.69) is 13.2 Å². The number of carbonyl (C=O) groups is 3. The van der Waals surface area contributed by atoms with E-state index in [4.69, 9.17) is 16.3 Å². The molecule has 5 atom stereocenters. The molecule has 194 valence electrons. The van der Waals surface area contributed by atoms with Crippen LogP contribution >= 0.6 is 11.6 Å². The number of nitrogens with zero attached hydrogens (tertiary/aromatic N) is 3. The highest BCUT2D eigenvalue weighted by Crippen LogP contribution is 2.63. The Morgan fingerprint density at radius 3 is 2.56 bits per heavy atom. The number of anilines is 1. The van der Waals surface area contributed by atoms with Gasteiger partial charge in [-0.2, -0.15) is 0 Å². The van der Waals surface area contributed by atoms with E-state index in [1.807, 2.05) is 6.92 Å². The number of benzene rings is 1. The van der Waals surface area contributed by atoms with E-state index >= 15 is 0 Å². The van der Waals surface area contributed by atoms with Crippen molar-refractivity contribution in [2.75, 3.05) is 38.2 Å². The van der Waals surface area contributed by atoms with Crippen LogP contribution in [0.15, 0.2) is 49.6 Å². The molecule has 36 heavy (non-hydrogen) atoms. The Morgan fingerprint density at radius 1 is 1.22 bits per heavy atom. The Bertz CT molecular complexity index is 1080. The number of halogens is 1. The molecule has 3 fully saturated rings. The summed E-state index contributed by atoms with van der Waals surface area (Å²) in [5.41, 5.74) is -1.49. The highest BCUT2D eigenvalue weighted by atomic mass is 35.5. The maximum atomic E-state index is 14.3. The van der Waals surface area contributed by atoms with Crippen molar-refractivity contribution in [3.63, 3.8) is 0 Å². The zero-order chi connectivity index (χ0) is 26.3. The largest absolute Gasteiger partial charge is 0.396 e. The van der Waals surface area contributed by atoms with Crippen molar-refractivity contribution in [1.82, 2.24) is 9.80 Å². The van der Waals surface area contributed by atoms with Crippen LogP contribution in [-0.4, -0.2) is 83.2 Å². The smallest absolute Gasteiger partial charge is 0.253 e. The number of ether oxygens (including phenoxy) is 1. The lowest BCUT2D eigenvalue weighted by Gasteiger charge is -2.37. The Hall–Kier alpha value is -2.68. The number of hydrogen-bond donors (Lipinski definition) is 1. The number of aliphatic hydroxyl groups excluding tert-OH is 1. The molecule has 0 aromatic heterocycles. The molecule has 3 heterocycles. The van der Waals surface area contributed by atoms with Crippen LogP contribution in [0.1, 0.15) is 26.2 Å². The zero-order valence-corrected chi connectivity index (χ0v) is 21.6. The number of carbonyl (C=O) groups excluding carboxylic acids is 3. The molecule has 4 rings (SSSR count). The summed E-state index contributed by atoms with van der Waals surface area (Å²) in [7, 11) is 1.68. The van der Waals surface area contributed by atoms with Crippen LogP contribution in [0.25, 0.3) is 0 Å². The summed E-state index contributed by atoms with van der Waals surface area (Å²) in [6, 6.07) is 6.06. The van der Waals surface area contributed by atoms with E-state index in [9.17, 15) is 19.5 Å². The molecule has 1 aromatic carbocycles. The third-order valence-electron chi connectivity index (χ3n) is 7.83. The van der Waals surface area contributed by atoms with Gasteiger partial charge < -0.3 is 24.5 Å². The van der Waals surface area contributed by atoms with Crippen LogP contribution in [-0.2, 0) is 19.1 Å². The van der Waals surface area contributed by atoms with Crippen molar-refractivity contribution in [2.24, 2.45) is 11.8 Å². The van der Waals surface area contributed by atoms with Gasteiger partial charge in [0.15, 0.2) is 0 Å². The van der Waals surface area contributed by atoms with Gasteiger partial charge in [-0.15, -0.1) is 13.2 Å². The first-order chi connectivity index (χ1) is 17.2. The summed E-state index contributed by atoms with van der Waals surface area (Å²) in [5, 5.41) is 9.92. The quantitative estimate of drug-likeness (QED) is 0.484. The van der Waals surface area contributed by atoms with Crippen molar-refractivity contribution < 1.29 is 24.2 Å². The molecule has 1 spiro atoms. The van der Waals surface area contributed by atoms with Gasteiger partial charge in [-0.1, -0.05) is 35.9 Å². The topological polar surface area (TPSA) is 90.4 Å². The standard InChI is InChI=1S/C27H34ClN3O5/c1-5-14-29(4)23(33)20-21-24(34)31(16-9-17-32)22(27(21)13-12-26(20,3)36-27)25(35)30(15-6-2)19-11-8-7-10-18(19)28/h5-8,10-11,20-22,32H,1-2,9,12-17H2,3-4H3/t20-,21-,22?,26+,27?/m0/s1.